The number of esters is 1. The van der Waals surface area contributed by atoms with Gasteiger partial charge in [0.1, 0.15) is 0 Å². The average Bonchev–Trinajstić information content (AvgIpc) is 3.27. The van der Waals surface area contributed by atoms with Crippen molar-refractivity contribution in [2.75, 3.05) is 13.1 Å². The van der Waals surface area contributed by atoms with Gasteiger partial charge in [-0.1, -0.05) is 41.9 Å². The first kappa shape index (κ1) is 19.4. The van der Waals surface area contributed by atoms with E-state index in [-0.39, 0.29) is 5.91 Å². The topological polar surface area (TPSA) is 59.5 Å². The van der Waals surface area contributed by atoms with Crippen molar-refractivity contribution in [3.05, 3.63) is 65.2 Å². The zero-order valence-electron chi connectivity index (χ0n) is 16.1. The van der Waals surface area contributed by atoms with E-state index in [1.807, 2.05) is 36.4 Å². The van der Waals surface area contributed by atoms with Gasteiger partial charge >= 0.3 is 5.97 Å². The fraction of sp³-hybridized carbons (Fsp3) is 0.261. The molecule has 1 aromatic heterocycles. The summed E-state index contributed by atoms with van der Waals surface area (Å²) >= 11 is 5.99. The lowest BCUT2D eigenvalue weighted by Crippen LogP contribution is -2.38. The van der Waals surface area contributed by atoms with E-state index in [4.69, 9.17) is 16.3 Å². The van der Waals surface area contributed by atoms with E-state index >= 15 is 0 Å². The van der Waals surface area contributed by atoms with Crippen LogP contribution in [0.2, 0.25) is 5.02 Å². The van der Waals surface area contributed by atoms with Crippen molar-refractivity contribution in [3.8, 4) is 11.3 Å². The number of rotatable bonds is 4. The number of hydrogen-bond acceptors (Lipinski definition) is 4. The Morgan fingerprint density at radius 2 is 1.76 bits per heavy atom. The van der Waals surface area contributed by atoms with Crippen LogP contribution in [0, 0.1) is 0 Å². The summed E-state index contributed by atoms with van der Waals surface area (Å²) in [6, 6.07) is 16.4. The van der Waals surface area contributed by atoms with Crippen LogP contribution in [0.15, 0.2) is 54.6 Å². The molecule has 5 nitrogen and oxygen atoms in total. The van der Waals surface area contributed by atoms with Crippen LogP contribution < -0.4 is 0 Å². The zero-order valence-corrected chi connectivity index (χ0v) is 16.9. The molecule has 6 heteroatoms. The van der Waals surface area contributed by atoms with Gasteiger partial charge < -0.3 is 9.64 Å². The normalized spacial score (nSPS) is 14.8. The first-order chi connectivity index (χ1) is 14.0. The Morgan fingerprint density at radius 3 is 2.48 bits per heavy atom. The van der Waals surface area contributed by atoms with Gasteiger partial charge in [-0.05, 0) is 44.0 Å². The van der Waals surface area contributed by atoms with E-state index < -0.39 is 12.1 Å². The summed E-state index contributed by atoms with van der Waals surface area (Å²) in [6.45, 7) is 3.07. The second-order valence-corrected chi connectivity index (χ2v) is 7.60. The number of halogens is 1. The van der Waals surface area contributed by atoms with E-state index in [1.54, 1.807) is 30.0 Å². The molecule has 1 amide bonds. The van der Waals surface area contributed by atoms with Crippen molar-refractivity contribution in [1.82, 2.24) is 9.88 Å². The van der Waals surface area contributed by atoms with Gasteiger partial charge in [-0.15, -0.1) is 0 Å². The molecule has 0 spiro atoms. The molecule has 3 aromatic rings. The third kappa shape index (κ3) is 4.10. The van der Waals surface area contributed by atoms with Crippen LogP contribution in [0.4, 0.5) is 0 Å². The molecule has 0 aliphatic carbocycles. The Kier molecular flexibility index (Phi) is 5.49. The first-order valence-corrected chi connectivity index (χ1v) is 10.1. The molecule has 29 heavy (non-hydrogen) atoms. The van der Waals surface area contributed by atoms with Gasteiger partial charge in [-0.2, -0.15) is 0 Å². The first-order valence-electron chi connectivity index (χ1n) is 9.68. The van der Waals surface area contributed by atoms with E-state index in [0.29, 0.717) is 27.2 Å². The highest BCUT2D eigenvalue weighted by Crippen LogP contribution is 2.27. The molecule has 1 atom stereocenters. The third-order valence-corrected chi connectivity index (χ3v) is 5.38. The SMILES string of the molecule is C[C@@H](OC(=O)c1cc(-c2ccc(Cl)cc2)nc2ccccc12)C(=O)N1CCCC1. The number of aromatic nitrogens is 1. The standard InChI is InChI=1S/C23H21ClN2O3/c1-15(22(27)26-12-4-5-13-26)29-23(28)19-14-21(16-8-10-17(24)11-9-16)25-20-7-3-2-6-18(19)20/h2-3,6-11,14-15H,4-5,12-13H2,1H3/t15-/m1/s1. The van der Waals surface area contributed by atoms with Crippen molar-refractivity contribution < 1.29 is 14.3 Å². The number of amides is 1. The number of pyridine rings is 1. The largest absolute Gasteiger partial charge is 0.449 e. The number of ether oxygens (including phenoxy) is 1. The summed E-state index contributed by atoms with van der Waals surface area (Å²) in [5, 5.41) is 1.32. The molecule has 2 heterocycles. The van der Waals surface area contributed by atoms with Gasteiger partial charge in [-0.3, -0.25) is 4.79 Å². The van der Waals surface area contributed by atoms with E-state index in [1.165, 1.54) is 0 Å². The minimum absolute atomic E-state index is 0.146. The fourth-order valence-corrected chi connectivity index (χ4v) is 3.71. The predicted molar refractivity (Wildman–Crippen MR) is 113 cm³/mol. The summed E-state index contributed by atoms with van der Waals surface area (Å²) < 4.78 is 5.55. The highest BCUT2D eigenvalue weighted by molar-refractivity contribution is 6.30. The van der Waals surface area contributed by atoms with E-state index in [2.05, 4.69) is 4.98 Å². The van der Waals surface area contributed by atoms with Crippen LogP contribution in [-0.2, 0) is 9.53 Å². The molecule has 1 aliphatic rings. The summed E-state index contributed by atoms with van der Waals surface area (Å²) in [4.78, 5) is 31.9. The Labute approximate surface area is 174 Å². The van der Waals surface area contributed by atoms with Gasteiger partial charge in [-0.25, -0.2) is 9.78 Å². The summed E-state index contributed by atoms with van der Waals surface area (Å²) in [5.74, 6) is -0.675. The average molecular weight is 409 g/mol. The van der Waals surface area contributed by atoms with Crippen LogP contribution in [0.25, 0.3) is 22.2 Å². The monoisotopic (exact) mass is 408 g/mol. The molecule has 0 unspecified atom stereocenters. The summed E-state index contributed by atoms with van der Waals surface area (Å²) in [7, 11) is 0. The molecule has 1 aliphatic heterocycles. The minimum Gasteiger partial charge on any atom is -0.449 e. The minimum atomic E-state index is -0.827. The number of fused-ring (bicyclic) bond motifs is 1. The van der Waals surface area contributed by atoms with Crippen molar-refractivity contribution >= 4 is 34.4 Å². The number of nitrogens with zero attached hydrogens (tertiary/aromatic N) is 2. The molecule has 0 N–H and O–H groups in total. The van der Waals surface area contributed by atoms with Gasteiger partial charge in [0.2, 0.25) is 0 Å². The molecule has 148 valence electrons. The van der Waals surface area contributed by atoms with E-state index in [0.717, 1.165) is 31.5 Å². The van der Waals surface area contributed by atoms with Crippen LogP contribution in [0.5, 0.6) is 0 Å². The number of likely N-dealkylation sites (tertiary alicyclic amines) is 1. The zero-order chi connectivity index (χ0) is 20.4. The Balaban J connectivity index is 1.67. The van der Waals surface area contributed by atoms with Crippen LogP contribution in [0.3, 0.4) is 0 Å². The number of hydrogen-bond donors (Lipinski definition) is 0. The van der Waals surface area contributed by atoms with Crippen molar-refractivity contribution in [2.45, 2.75) is 25.9 Å². The quantitative estimate of drug-likeness (QED) is 0.586. The molecule has 1 saturated heterocycles. The highest BCUT2D eigenvalue weighted by Gasteiger charge is 2.27. The number of benzene rings is 2. The molecule has 1 fully saturated rings. The van der Waals surface area contributed by atoms with E-state index in [9.17, 15) is 9.59 Å². The second kappa shape index (κ2) is 8.21. The molecular weight excluding hydrogens is 388 g/mol. The Hall–Kier alpha value is -2.92. The van der Waals surface area contributed by atoms with Crippen LogP contribution in [0.1, 0.15) is 30.1 Å². The lowest BCUT2D eigenvalue weighted by molar-refractivity contribution is -0.138. The Morgan fingerprint density at radius 1 is 1.07 bits per heavy atom. The van der Waals surface area contributed by atoms with Gasteiger partial charge in [0, 0.05) is 29.1 Å². The van der Waals surface area contributed by atoms with Gasteiger partial charge in [0.25, 0.3) is 5.91 Å². The number of para-hydroxylation sites is 1. The predicted octanol–water partition coefficient (Wildman–Crippen LogP) is 4.72. The lowest BCUT2D eigenvalue weighted by Gasteiger charge is -2.20. The van der Waals surface area contributed by atoms with Gasteiger partial charge in [0.15, 0.2) is 6.10 Å². The maximum Gasteiger partial charge on any atom is 0.339 e. The number of carbonyl (C=O) groups excluding carboxylic acids is 2. The maximum absolute atomic E-state index is 13.0. The lowest BCUT2D eigenvalue weighted by atomic mass is 10.0. The smallest absolute Gasteiger partial charge is 0.339 e. The van der Waals surface area contributed by atoms with Crippen molar-refractivity contribution in [2.24, 2.45) is 0 Å². The molecule has 4 rings (SSSR count). The maximum atomic E-state index is 13.0. The van der Waals surface area contributed by atoms with Crippen molar-refractivity contribution in [1.29, 1.82) is 0 Å². The van der Waals surface area contributed by atoms with Gasteiger partial charge in [0.05, 0.1) is 16.8 Å². The van der Waals surface area contributed by atoms with Crippen LogP contribution >= 0.6 is 11.6 Å². The fourth-order valence-electron chi connectivity index (χ4n) is 3.58. The molecule has 2 aromatic carbocycles. The molecule has 0 saturated carbocycles. The molecule has 0 bridgehead atoms. The summed E-state index contributed by atoms with van der Waals surface area (Å²) in [6.07, 6.45) is 1.16. The van der Waals surface area contributed by atoms with Crippen LogP contribution in [-0.4, -0.2) is 41.0 Å². The Bertz CT molecular complexity index is 1060. The third-order valence-electron chi connectivity index (χ3n) is 5.13. The second-order valence-electron chi connectivity index (χ2n) is 7.16. The highest BCUT2D eigenvalue weighted by atomic mass is 35.5. The molecular formula is C23H21ClN2O3. The summed E-state index contributed by atoms with van der Waals surface area (Å²) in [5.41, 5.74) is 2.56. The van der Waals surface area contributed by atoms with Crippen molar-refractivity contribution in [3.63, 3.8) is 0 Å². The number of carbonyl (C=O) groups is 2. The molecule has 0 radical (unpaired) electrons.